The first kappa shape index (κ1) is 10.9. The van der Waals surface area contributed by atoms with Crippen molar-refractivity contribution in [1.29, 1.82) is 0 Å². The van der Waals surface area contributed by atoms with Crippen LogP contribution in [0, 0.1) is 6.57 Å². The molecule has 0 fully saturated rings. The summed E-state index contributed by atoms with van der Waals surface area (Å²) in [4.78, 5) is 14.4. The zero-order valence-corrected chi connectivity index (χ0v) is 10.4. The summed E-state index contributed by atoms with van der Waals surface area (Å²) in [5.74, 6) is 0. The predicted molar refractivity (Wildman–Crippen MR) is 68.6 cm³/mol. The lowest BCUT2D eigenvalue weighted by molar-refractivity contribution is 1.44. The molecule has 0 aliphatic carbocycles. The van der Waals surface area contributed by atoms with Crippen molar-refractivity contribution < 1.29 is 0 Å². The predicted octanol–water partition coefficient (Wildman–Crippen LogP) is 3.49. The number of hydrogen-bond donors (Lipinski definition) is 2. The van der Waals surface area contributed by atoms with Crippen molar-refractivity contribution in [2.24, 2.45) is 0 Å². The van der Waals surface area contributed by atoms with Gasteiger partial charge in [-0.3, -0.25) is 9.17 Å². The third kappa shape index (κ3) is 2.15. The summed E-state index contributed by atoms with van der Waals surface area (Å²) in [5.41, 5.74) is 0.593. The molecule has 0 saturated carbocycles. The van der Waals surface area contributed by atoms with Gasteiger partial charge in [-0.2, -0.15) is 0 Å². The largest absolute Gasteiger partial charge is 0.355 e. The Kier molecular flexibility index (Phi) is 3.08. The number of H-pyrrole nitrogens is 1. The van der Waals surface area contributed by atoms with Crippen LogP contribution >= 0.6 is 27.5 Å². The Hall–Kier alpha value is -1.58. The molecule has 16 heavy (non-hydrogen) atoms. The molecule has 2 aromatic rings. The van der Waals surface area contributed by atoms with Gasteiger partial charge >= 0.3 is 0 Å². The molecule has 0 spiro atoms. The number of rotatable bonds is 2. The van der Waals surface area contributed by atoms with Gasteiger partial charge in [0.25, 0.3) is 11.2 Å². The lowest BCUT2D eigenvalue weighted by Gasteiger charge is -2.03. The molecule has 1 heterocycles. The highest BCUT2D eigenvalue weighted by Crippen LogP contribution is 2.28. The van der Waals surface area contributed by atoms with Crippen LogP contribution in [0.15, 0.2) is 33.5 Å². The molecule has 2 rings (SSSR count). The summed E-state index contributed by atoms with van der Waals surface area (Å²) < 4.78 is 3.50. The maximum atomic E-state index is 11.2. The van der Waals surface area contributed by atoms with Gasteiger partial charge in [0.15, 0.2) is 0 Å². The molecule has 0 unspecified atom stereocenters. The maximum absolute atomic E-state index is 11.2. The first-order valence-corrected chi connectivity index (χ1v) is 5.93. The minimum atomic E-state index is -0.348. The van der Waals surface area contributed by atoms with Crippen molar-refractivity contribution in [3.63, 3.8) is 0 Å². The first-order chi connectivity index (χ1) is 7.70. The molecular weight excluding hydrogens is 290 g/mol. The van der Waals surface area contributed by atoms with Crippen LogP contribution in [0.3, 0.4) is 0 Å². The van der Waals surface area contributed by atoms with E-state index in [2.05, 4.69) is 30.5 Å². The molecule has 1 aromatic carbocycles. The van der Waals surface area contributed by atoms with Gasteiger partial charge in [-0.05, 0) is 24.3 Å². The topological polar surface area (TPSA) is 49.2 Å². The molecule has 2 N–H and O–H groups in total. The molecule has 0 atom stereocenters. The monoisotopic (exact) mass is 295 g/mol. The maximum Gasteiger partial charge on any atom is 0.285 e. The van der Waals surface area contributed by atoms with E-state index < -0.39 is 0 Å². The van der Waals surface area contributed by atoms with E-state index in [-0.39, 0.29) is 11.2 Å². The number of aromatic amines is 1. The number of aromatic nitrogens is 1. The molecule has 0 radical (unpaired) electrons. The van der Waals surface area contributed by atoms with Gasteiger partial charge < -0.3 is 5.32 Å². The Bertz CT molecular complexity index is 594. The van der Waals surface area contributed by atoms with Gasteiger partial charge in [-0.15, -0.1) is 0 Å². The molecule has 4 nitrogen and oxygen atoms in total. The van der Waals surface area contributed by atoms with Crippen LogP contribution in [-0.2, 0) is 0 Å². The SMILES string of the molecule is [C-]#[N+]c1c(Nc2ccc(Br)cc2)s[nH]c1=O. The van der Waals surface area contributed by atoms with Crippen LogP contribution in [0.2, 0.25) is 0 Å². The summed E-state index contributed by atoms with van der Waals surface area (Å²) in [6.07, 6.45) is 0. The van der Waals surface area contributed by atoms with E-state index in [1.165, 1.54) is 0 Å². The average Bonchev–Trinajstić information content (AvgIpc) is 2.63. The van der Waals surface area contributed by atoms with Gasteiger partial charge in [-0.25, -0.2) is 4.85 Å². The Morgan fingerprint density at radius 2 is 2.06 bits per heavy atom. The van der Waals surface area contributed by atoms with Crippen LogP contribution < -0.4 is 10.9 Å². The van der Waals surface area contributed by atoms with Crippen molar-refractivity contribution in [3.8, 4) is 0 Å². The molecule has 0 saturated heterocycles. The number of hydrogen-bond acceptors (Lipinski definition) is 3. The molecule has 80 valence electrons. The molecule has 0 aliphatic heterocycles. The summed E-state index contributed by atoms with van der Waals surface area (Å²) in [6, 6.07) is 7.49. The van der Waals surface area contributed by atoms with Crippen molar-refractivity contribution in [2.45, 2.75) is 0 Å². The number of nitrogens with zero attached hydrogens (tertiary/aromatic N) is 1. The summed E-state index contributed by atoms with van der Waals surface area (Å²) in [7, 11) is 0. The molecule has 1 aromatic heterocycles. The molecule has 0 amide bonds. The van der Waals surface area contributed by atoms with Crippen molar-refractivity contribution >= 4 is 43.8 Å². The second-order valence-corrected chi connectivity index (χ2v) is 4.69. The average molecular weight is 296 g/mol. The van der Waals surface area contributed by atoms with Crippen molar-refractivity contribution in [1.82, 2.24) is 4.37 Å². The zero-order chi connectivity index (χ0) is 11.5. The summed E-state index contributed by atoms with van der Waals surface area (Å²) >= 11 is 4.46. The summed E-state index contributed by atoms with van der Waals surface area (Å²) in [5, 5.41) is 3.57. The Morgan fingerprint density at radius 1 is 1.38 bits per heavy atom. The molecule has 0 aliphatic rings. The van der Waals surface area contributed by atoms with Crippen molar-refractivity contribution in [2.75, 3.05) is 5.32 Å². The van der Waals surface area contributed by atoms with Crippen molar-refractivity contribution in [3.05, 3.63) is 50.5 Å². The summed E-state index contributed by atoms with van der Waals surface area (Å²) in [6.45, 7) is 6.91. The van der Waals surface area contributed by atoms with E-state index in [9.17, 15) is 4.79 Å². The lowest BCUT2D eigenvalue weighted by atomic mass is 10.3. The second-order valence-electron chi connectivity index (χ2n) is 2.95. The molecule has 0 bridgehead atoms. The second kappa shape index (κ2) is 4.51. The van der Waals surface area contributed by atoms with Gasteiger partial charge in [0, 0.05) is 10.2 Å². The number of benzene rings is 1. The lowest BCUT2D eigenvalue weighted by Crippen LogP contribution is -1.95. The van der Waals surface area contributed by atoms with E-state index in [4.69, 9.17) is 6.57 Å². The Balaban J connectivity index is 2.31. The van der Waals surface area contributed by atoms with Crippen LogP contribution in [-0.4, -0.2) is 4.37 Å². The van der Waals surface area contributed by atoms with Gasteiger partial charge in [-0.1, -0.05) is 27.5 Å². The van der Waals surface area contributed by atoms with E-state index in [0.29, 0.717) is 5.00 Å². The van der Waals surface area contributed by atoms with E-state index in [1.54, 1.807) is 0 Å². The molecule has 6 heteroatoms. The standard InChI is InChI=1S/C10H6BrN3OS/c1-12-8-9(15)14-16-10(8)13-7-4-2-6(11)3-5-7/h2-5,13H,(H,14,15). The quantitative estimate of drug-likeness (QED) is 0.833. The van der Waals surface area contributed by atoms with E-state index in [0.717, 1.165) is 21.7 Å². The van der Waals surface area contributed by atoms with E-state index in [1.807, 2.05) is 24.3 Å². The highest BCUT2D eigenvalue weighted by Gasteiger charge is 2.09. The van der Waals surface area contributed by atoms with Crippen LogP contribution in [0.4, 0.5) is 16.4 Å². The first-order valence-electron chi connectivity index (χ1n) is 4.32. The fourth-order valence-corrected chi connectivity index (χ4v) is 2.11. The van der Waals surface area contributed by atoms with E-state index >= 15 is 0 Å². The highest BCUT2D eigenvalue weighted by atomic mass is 79.9. The zero-order valence-electron chi connectivity index (χ0n) is 7.95. The number of anilines is 2. The van der Waals surface area contributed by atoms with Crippen LogP contribution in [0.25, 0.3) is 4.85 Å². The van der Waals surface area contributed by atoms with Gasteiger partial charge in [0.2, 0.25) is 0 Å². The fraction of sp³-hybridized carbons (Fsp3) is 0. The third-order valence-electron chi connectivity index (χ3n) is 1.89. The normalized spacial score (nSPS) is 9.75. The number of nitrogens with one attached hydrogen (secondary N) is 2. The molecular formula is C10H6BrN3OS. The van der Waals surface area contributed by atoms with Crippen LogP contribution in [0.5, 0.6) is 0 Å². The Labute approximate surface area is 104 Å². The highest BCUT2D eigenvalue weighted by molar-refractivity contribution is 9.10. The van der Waals surface area contributed by atoms with Gasteiger partial charge in [0.05, 0.1) is 6.57 Å². The Morgan fingerprint density at radius 3 is 2.69 bits per heavy atom. The fourth-order valence-electron chi connectivity index (χ4n) is 1.15. The third-order valence-corrected chi connectivity index (χ3v) is 3.21. The minimum Gasteiger partial charge on any atom is -0.355 e. The minimum absolute atomic E-state index is 0.105. The number of halogens is 1. The smallest absolute Gasteiger partial charge is 0.285 e. The van der Waals surface area contributed by atoms with Crippen LogP contribution in [0.1, 0.15) is 0 Å². The van der Waals surface area contributed by atoms with Gasteiger partial charge in [0.1, 0.15) is 5.00 Å².